The number of fused-ring (bicyclic) bond motifs is 1. The molecule has 0 aromatic carbocycles. The summed E-state index contributed by atoms with van der Waals surface area (Å²) >= 11 is 0. The highest BCUT2D eigenvalue weighted by molar-refractivity contribution is 5.80. The summed E-state index contributed by atoms with van der Waals surface area (Å²) in [6, 6.07) is 0. The first-order chi connectivity index (χ1) is 10.5. The quantitative estimate of drug-likeness (QED) is 0.735. The third-order valence-electron chi connectivity index (χ3n) is 6.44. The molecule has 0 aromatic heterocycles. The van der Waals surface area contributed by atoms with Gasteiger partial charge in [0.2, 0.25) is 0 Å². The van der Waals surface area contributed by atoms with Gasteiger partial charge < -0.3 is 0 Å². The topological polar surface area (TPSA) is 34.1 Å². The van der Waals surface area contributed by atoms with Crippen molar-refractivity contribution in [3.8, 4) is 0 Å². The average Bonchev–Trinajstić information content (AvgIpc) is 2.84. The molecule has 3 saturated carbocycles. The number of Topliss-reactive ketones (excluding diaryl/α,β-unsaturated/α-hetero) is 2. The maximum absolute atomic E-state index is 12.0. The van der Waals surface area contributed by atoms with Crippen LogP contribution in [0.2, 0.25) is 0 Å². The van der Waals surface area contributed by atoms with Gasteiger partial charge in [-0.1, -0.05) is 30.2 Å². The molecule has 3 aliphatic carbocycles. The van der Waals surface area contributed by atoms with Crippen molar-refractivity contribution in [3.05, 3.63) is 23.3 Å². The Morgan fingerprint density at radius 2 is 1.82 bits per heavy atom. The Morgan fingerprint density at radius 1 is 1.09 bits per heavy atom. The van der Waals surface area contributed by atoms with E-state index in [4.69, 9.17) is 0 Å². The van der Waals surface area contributed by atoms with Crippen LogP contribution in [0.4, 0.5) is 0 Å². The van der Waals surface area contributed by atoms with Gasteiger partial charge in [0.1, 0.15) is 11.6 Å². The maximum atomic E-state index is 12.0. The van der Waals surface area contributed by atoms with Gasteiger partial charge >= 0.3 is 0 Å². The fourth-order valence-electron chi connectivity index (χ4n) is 5.15. The van der Waals surface area contributed by atoms with Crippen molar-refractivity contribution in [3.63, 3.8) is 0 Å². The molecule has 0 bridgehead atoms. The molecule has 0 saturated heterocycles. The van der Waals surface area contributed by atoms with Crippen LogP contribution in [0.1, 0.15) is 71.6 Å². The maximum Gasteiger partial charge on any atom is 0.133 e. The van der Waals surface area contributed by atoms with Crippen LogP contribution in [-0.2, 0) is 9.59 Å². The number of carbonyl (C=O) groups excluding carboxylic acids is 2. The smallest absolute Gasteiger partial charge is 0.133 e. The van der Waals surface area contributed by atoms with Gasteiger partial charge in [-0.3, -0.25) is 9.59 Å². The molecular formula is C20H28O2. The average molecular weight is 300 g/mol. The standard InChI is InChI=1S/C20H28O2/c1-14(21)18-11-12-19-16(4-3-13-20(18,19)2)8-5-15-6-9-17(22)10-7-15/h5,8,18-19H,3-4,6-7,9-13H2,1-2H3/b16-8+/t18?,19?,20-/m1/s1. The summed E-state index contributed by atoms with van der Waals surface area (Å²) in [5.41, 5.74) is 3.18. The molecular weight excluding hydrogens is 272 g/mol. The van der Waals surface area contributed by atoms with Crippen LogP contribution in [0, 0.1) is 17.3 Å². The summed E-state index contributed by atoms with van der Waals surface area (Å²) in [4.78, 5) is 23.3. The lowest BCUT2D eigenvalue weighted by Gasteiger charge is -2.41. The van der Waals surface area contributed by atoms with Crippen LogP contribution >= 0.6 is 0 Å². The Hall–Kier alpha value is -1.18. The molecule has 3 fully saturated rings. The van der Waals surface area contributed by atoms with E-state index in [9.17, 15) is 9.59 Å². The molecule has 120 valence electrons. The van der Waals surface area contributed by atoms with Gasteiger partial charge in [0.25, 0.3) is 0 Å². The number of hydrogen-bond donors (Lipinski definition) is 0. The molecule has 0 amide bonds. The van der Waals surface area contributed by atoms with Crippen LogP contribution in [0.5, 0.6) is 0 Å². The molecule has 3 atom stereocenters. The zero-order valence-electron chi connectivity index (χ0n) is 14.0. The molecule has 2 nitrogen and oxygen atoms in total. The summed E-state index contributed by atoms with van der Waals surface area (Å²) in [6.07, 6.45) is 13.8. The molecule has 0 N–H and O–H groups in total. The minimum atomic E-state index is 0.191. The van der Waals surface area contributed by atoms with Gasteiger partial charge in [-0.05, 0) is 63.2 Å². The van der Waals surface area contributed by atoms with Crippen molar-refractivity contribution in [1.82, 2.24) is 0 Å². The van der Waals surface area contributed by atoms with E-state index in [0.717, 1.165) is 32.1 Å². The summed E-state index contributed by atoms with van der Waals surface area (Å²) < 4.78 is 0. The predicted octanol–water partition coefficient (Wildman–Crippen LogP) is 4.79. The van der Waals surface area contributed by atoms with E-state index < -0.39 is 0 Å². The van der Waals surface area contributed by atoms with Gasteiger partial charge in [-0.25, -0.2) is 0 Å². The van der Waals surface area contributed by atoms with Crippen molar-refractivity contribution >= 4 is 11.6 Å². The Bertz CT molecular complexity index is 528. The Balaban J connectivity index is 1.77. The fraction of sp³-hybridized carbons (Fsp3) is 0.700. The predicted molar refractivity (Wildman–Crippen MR) is 88.5 cm³/mol. The van der Waals surface area contributed by atoms with E-state index in [-0.39, 0.29) is 11.3 Å². The van der Waals surface area contributed by atoms with Gasteiger partial charge in [-0.15, -0.1) is 0 Å². The minimum Gasteiger partial charge on any atom is -0.300 e. The molecule has 0 heterocycles. The van der Waals surface area contributed by atoms with Crippen LogP contribution < -0.4 is 0 Å². The largest absolute Gasteiger partial charge is 0.300 e. The minimum absolute atomic E-state index is 0.191. The lowest BCUT2D eigenvalue weighted by Crippen LogP contribution is -2.36. The first-order valence-corrected chi connectivity index (χ1v) is 8.91. The number of carbonyl (C=O) groups is 2. The van der Waals surface area contributed by atoms with Crippen LogP contribution in [0.15, 0.2) is 23.3 Å². The molecule has 0 radical (unpaired) electrons. The molecule has 0 spiro atoms. The molecule has 0 aliphatic heterocycles. The van der Waals surface area contributed by atoms with Crippen molar-refractivity contribution in [1.29, 1.82) is 0 Å². The van der Waals surface area contributed by atoms with Crippen LogP contribution in [0.25, 0.3) is 0 Å². The SMILES string of the molecule is CC(=O)C1CCC2/C(=C/C=C3CCC(=O)CC3)CCC[C@]12C. The first-order valence-electron chi connectivity index (χ1n) is 8.91. The molecule has 0 aromatic rings. The van der Waals surface area contributed by atoms with Crippen molar-refractivity contribution in [2.45, 2.75) is 71.6 Å². The Labute approximate surface area is 134 Å². The number of allylic oxidation sites excluding steroid dienone is 4. The van der Waals surface area contributed by atoms with Crippen LogP contribution in [-0.4, -0.2) is 11.6 Å². The van der Waals surface area contributed by atoms with E-state index in [2.05, 4.69) is 19.1 Å². The highest BCUT2D eigenvalue weighted by atomic mass is 16.1. The van der Waals surface area contributed by atoms with Gasteiger partial charge in [0, 0.05) is 18.8 Å². The van der Waals surface area contributed by atoms with Crippen molar-refractivity contribution in [2.24, 2.45) is 17.3 Å². The Kier molecular flexibility index (Phi) is 4.38. The summed E-state index contributed by atoms with van der Waals surface area (Å²) in [6.45, 7) is 4.12. The second-order valence-corrected chi connectivity index (χ2v) is 7.76. The zero-order chi connectivity index (χ0) is 15.7. The summed E-state index contributed by atoms with van der Waals surface area (Å²) in [5.74, 6) is 1.66. The van der Waals surface area contributed by atoms with E-state index in [1.54, 1.807) is 12.5 Å². The number of hydrogen-bond acceptors (Lipinski definition) is 2. The molecule has 2 unspecified atom stereocenters. The molecule has 2 heteroatoms. The van der Waals surface area contributed by atoms with Gasteiger partial charge in [0.15, 0.2) is 0 Å². The van der Waals surface area contributed by atoms with E-state index >= 15 is 0 Å². The fourth-order valence-corrected chi connectivity index (χ4v) is 5.15. The molecule has 22 heavy (non-hydrogen) atoms. The molecule has 3 aliphatic rings. The van der Waals surface area contributed by atoms with Gasteiger partial charge in [0.05, 0.1) is 0 Å². The zero-order valence-corrected chi connectivity index (χ0v) is 14.0. The van der Waals surface area contributed by atoms with Crippen LogP contribution in [0.3, 0.4) is 0 Å². The van der Waals surface area contributed by atoms with E-state index in [1.807, 2.05) is 0 Å². The summed E-state index contributed by atoms with van der Waals surface area (Å²) in [7, 11) is 0. The van der Waals surface area contributed by atoms with E-state index in [1.165, 1.54) is 31.3 Å². The molecule has 3 rings (SSSR count). The highest BCUT2D eigenvalue weighted by Gasteiger charge is 2.50. The third-order valence-corrected chi connectivity index (χ3v) is 6.44. The highest BCUT2D eigenvalue weighted by Crippen LogP contribution is 2.57. The van der Waals surface area contributed by atoms with Crippen molar-refractivity contribution in [2.75, 3.05) is 0 Å². The van der Waals surface area contributed by atoms with E-state index in [0.29, 0.717) is 17.5 Å². The Morgan fingerprint density at radius 3 is 2.50 bits per heavy atom. The normalized spacial score (nSPS) is 37.3. The van der Waals surface area contributed by atoms with Crippen molar-refractivity contribution < 1.29 is 9.59 Å². The number of rotatable bonds is 2. The monoisotopic (exact) mass is 300 g/mol. The summed E-state index contributed by atoms with van der Waals surface area (Å²) in [5, 5.41) is 0. The van der Waals surface area contributed by atoms with Gasteiger partial charge in [-0.2, -0.15) is 0 Å². The second-order valence-electron chi connectivity index (χ2n) is 7.76. The second kappa shape index (κ2) is 6.14. The lowest BCUT2D eigenvalue weighted by molar-refractivity contribution is -0.124. The number of ketones is 2. The lowest BCUT2D eigenvalue weighted by atomic mass is 9.63. The first kappa shape index (κ1) is 15.7. The third kappa shape index (κ3) is 2.85.